The number of hydrogen-bond donors (Lipinski definition) is 1. The molecule has 2 aliphatic rings. The number of nitrogens with one attached hydrogen (secondary N) is 1. The summed E-state index contributed by atoms with van der Waals surface area (Å²) >= 11 is 0. The van der Waals surface area contributed by atoms with Crippen LogP contribution in [0.5, 0.6) is 0 Å². The van der Waals surface area contributed by atoms with Crippen molar-refractivity contribution < 1.29 is 0 Å². The van der Waals surface area contributed by atoms with E-state index in [2.05, 4.69) is 46.6 Å². The zero-order chi connectivity index (χ0) is 12.1. The van der Waals surface area contributed by atoms with Gasteiger partial charge in [0.1, 0.15) is 6.07 Å². The van der Waals surface area contributed by atoms with Crippen LogP contribution >= 0.6 is 0 Å². The van der Waals surface area contributed by atoms with E-state index in [1.54, 1.807) is 0 Å². The summed E-state index contributed by atoms with van der Waals surface area (Å²) in [5, 5.41) is 16.1. The van der Waals surface area contributed by atoms with Gasteiger partial charge in [0.05, 0.1) is 0 Å². The van der Waals surface area contributed by atoms with Crippen molar-refractivity contribution in [2.75, 3.05) is 0 Å². The molecule has 0 spiro atoms. The van der Waals surface area contributed by atoms with Crippen molar-refractivity contribution in [2.24, 2.45) is 11.8 Å². The van der Waals surface area contributed by atoms with E-state index in [9.17, 15) is 0 Å². The van der Waals surface area contributed by atoms with Crippen LogP contribution in [0.15, 0.2) is 30.3 Å². The summed E-state index contributed by atoms with van der Waals surface area (Å²) in [6, 6.07) is 12.8. The number of nitriles is 1. The first kappa shape index (κ1) is 9.90. The fourth-order valence-corrected chi connectivity index (χ4v) is 3.51. The third-order valence-electron chi connectivity index (χ3n) is 4.42. The summed E-state index contributed by atoms with van der Waals surface area (Å²) in [7, 11) is 0. The summed E-state index contributed by atoms with van der Waals surface area (Å²) in [6.45, 7) is 0. The Bertz CT molecular complexity index is 636. The summed E-state index contributed by atoms with van der Waals surface area (Å²) in [5.74, 6) is 2.10. The highest BCUT2D eigenvalue weighted by molar-refractivity contribution is 5.46. The molecule has 1 heterocycles. The molecule has 0 aliphatic heterocycles. The van der Waals surface area contributed by atoms with Crippen molar-refractivity contribution >= 4 is 0 Å². The lowest BCUT2D eigenvalue weighted by atomic mass is 10.0. The normalized spacial score (nSPS) is 27.4. The molecule has 2 aromatic rings. The summed E-state index contributed by atoms with van der Waals surface area (Å²) in [5.41, 5.74) is 4.43. The molecule has 0 saturated heterocycles. The van der Waals surface area contributed by atoms with Crippen LogP contribution in [0.3, 0.4) is 0 Å². The maximum atomic E-state index is 8.96. The van der Waals surface area contributed by atoms with E-state index in [0.29, 0.717) is 11.6 Å². The highest BCUT2D eigenvalue weighted by Crippen LogP contribution is 2.62. The largest absolute Gasteiger partial charge is 0.281 e. The van der Waals surface area contributed by atoms with E-state index in [1.807, 2.05) is 0 Å². The molecule has 0 amide bonds. The molecule has 4 rings (SSSR count). The molecule has 88 valence electrons. The van der Waals surface area contributed by atoms with Crippen LogP contribution in [0, 0.1) is 23.2 Å². The first-order valence-electron chi connectivity index (χ1n) is 6.39. The zero-order valence-corrected chi connectivity index (χ0v) is 9.93. The zero-order valence-electron chi connectivity index (χ0n) is 9.93. The number of H-pyrrole nitrogens is 1. The topological polar surface area (TPSA) is 52.5 Å². The van der Waals surface area contributed by atoms with Crippen LogP contribution in [0.25, 0.3) is 0 Å². The number of nitrogens with zero attached hydrogens (tertiary/aromatic N) is 2. The van der Waals surface area contributed by atoms with Crippen LogP contribution in [0.1, 0.15) is 28.4 Å². The Hall–Kier alpha value is -2.08. The maximum absolute atomic E-state index is 8.96. The minimum absolute atomic E-state index is 0.607. The molecule has 18 heavy (non-hydrogen) atoms. The molecular formula is C15H13N3. The maximum Gasteiger partial charge on any atom is 0.165 e. The Morgan fingerprint density at radius 2 is 2.17 bits per heavy atom. The Labute approximate surface area is 105 Å². The highest BCUT2D eigenvalue weighted by atomic mass is 15.1. The number of hydrogen-bond acceptors (Lipinski definition) is 2. The Balaban J connectivity index is 1.56. The van der Waals surface area contributed by atoms with Crippen molar-refractivity contribution in [3.63, 3.8) is 0 Å². The lowest BCUT2D eigenvalue weighted by molar-refractivity contribution is 0.687. The van der Waals surface area contributed by atoms with E-state index in [4.69, 9.17) is 5.26 Å². The predicted octanol–water partition coefficient (Wildman–Crippen LogP) is 2.41. The van der Waals surface area contributed by atoms with Crippen LogP contribution in [-0.4, -0.2) is 10.2 Å². The second kappa shape index (κ2) is 3.46. The van der Waals surface area contributed by atoms with Gasteiger partial charge in [-0.2, -0.15) is 10.4 Å². The lowest BCUT2D eigenvalue weighted by Crippen LogP contribution is -1.97. The second-order valence-corrected chi connectivity index (χ2v) is 5.32. The molecule has 0 radical (unpaired) electrons. The fourth-order valence-electron chi connectivity index (χ4n) is 3.51. The molecule has 3 nitrogen and oxygen atoms in total. The number of aromatic amines is 1. The van der Waals surface area contributed by atoms with E-state index in [-0.39, 0.29) is 0 Å². The van der Waals surface area contributed by atoms with Gasteiger partial charge in [-0.3, -0.25) is 5.10 Å². The monoisotopic (exact) mass is 235 g/mol. The summed E-state index contributed by atoms with van der Waals surface area (Å²) in [6.07, 6.45) is 2.19. The number of benzene rings is 1. The van der Waals surface area contributed by atoms with Gasteiger partial charge in [0.15, 0.2) is 5.69 Å². The summed E-state index contributed by atoms with van der Waals surface area (Å²) < 4.78 is 0. The van der Waals surface area contributed by atoms with E-state index < -0.39 is 0 Å². The molecule has 3 unspecified atom stereocenters. The van der Waals surface area contributed by atoms with Crippen molar-refractivity contribution in [1.82, 2.24) is 10.2 Å². The molecule has 2 aliphatic carbocycles. The van der Waals surface area contributed by atoms with E-state index in [0.717, 1.165) is 24.7 Å². The van der Waals surface area contributed by atoms with Crippen LogP contribution in [0.2, 0.25) is 0 Å². The van der Waals surface area contributed by atoms with Crippen LogP contribution in [-0.2, 0) is 12.8 Å². The van der Waals surface area contributed by atoms with Gasteiger partial charge in [-0.1, -0.05) is 30.3 Å². The third-order valence-corrected chi connectivity index (χ3v) is 4.42. The molecule has 0 bridgehead atoms. The average molecular weight is 235 g/mol. The van der Waals surface area contributed by atoms with Gasteiger partial charge in [0.2, 0.25) is 0 Å². The molecule has 3 heteroatoms. The Morgan fingerprint density at radius 1 is 1.33 bits per heavy atom. The van der Waals surface area contributed by atoms with Crippen molar-refractivity contribution in [1.29, 1.82) is 5.26 Å². The molecule has 1 saturated carbocycles. The van der Waals surface area contributed by atoms with Crippen molar-refractivity contribution in [2.45, 2.75) is 18.8 Å². The first-order chi connectivity index (χ1) is 8.88. The quantitative estimate of drug-likeness (QED) is 0.869. The minimum Gasteiger partial charge on any atom is -0.281 e. The summed E-state index contributed by atoms with van der Waals surface area (Å²) in [4.78, 5) is 0. The molecule has 1 aromatic carbocycles. The molecule has 3 atom stereocenters. The van der Waals surface area contributed by atoms with E-state index in [1.165, 1.54) is 16.8 Å². The van der Waals surface area contributed by atoms with Gasteiger partial charge in [0.25, 0.3) is 0 Å². The van der Waals surface area contributed by atoms with Crippen molar-refractivity contribution in [3.05, 3.63) is 52.8 Å². The fraction of sp³-hybridized carbons (Fsp3) is 0.333. The van der Waals surface area contributed by atoms with Crippen LogP contribution < -0.4 is 0 Å². The first-order valence-corrected chi connectivity index (χ1v) is 6.39. The number of fused-ring (bicyclic) bond motifs is 3. The van der Waals surface area contributed by atoms with Gasteiger partial charge in [0, 0.05) is 17.2 Å². The lowest BCUT2D eigenvalue weighted by Gasteiger charge is -2.03. The highest BCUT2D eigenvalue weighted by Gasteiger charge is 2.57. The molecular weight excluding hydrogens is 222 g/mol. The van der Waals surface area contributed by atoms with Gasteiger partial charge < -0.3 is 0 Å². The van der Waals surface area contributed by atoms with Crippen LogP contribution in [0.4, 0.5) is 0 Å². The third kappa shape index (κ3) is 1.26. The van der Waals surface area contributed by atoms with Gasteiger partial charge >= 0.3 is 0 Å². The van der Waals surface area contributed by atoms with Gasteiger partial charge in [-0.05, 0) is 30.2 Å². The van der Waals surface area contributed by atoms with E-state index >= 15 is 0 Å². The molecule has 1 N–H and O–H groups in total. The number of aromatic nitrogens is 2. The Morgan fingerprint density at radius 3 is 2.94 bits per heavy atom. The second-order valence-electron chi connectivity index (χ2n) is 5.32. The smallest absolute Gasteiger partial charge is 0.165 e. The number of rotatable bonds is 2. The predicted molar refractivity (Wildman–Crippen MR) is 66.9 cm³/mol. The molecule has 1 aromatic heterocycles. The SMILES string of the molecule is N#Cc1n[nH]c2c1CC1C(Cc3ccccc3)C21. The van der Waals surface area contributed by atoms with Crippen molar-refractivity contribution in [3.8, 4) is 6.07 Å². The molecule has 1 fully saturated rings. The Kier molecular flexibility index (Phi) is 1.90. The standard InChI is InChI=1S/C15H13N3/c16-8-13-12-7-11-10(14(11)15(12)18-17-13)6-9-4-2-1-3-5-9/h1-5,10-11,14H,6-7H2,(H,17,18). The van der Waals surface area contributed by atoms with Gasteiger partial charge in [-0.15, -0.1) is 0 Å². The minimum atomic E-state index is 0.607. The van der Waals surface area contributed by atoms with Gasteiger partial charge in [-0.25, -0.2) is 0 Å². The average Bonchev–Trinajstić information content (AvgIpc) is 2.77.